The van der Waals surface area contributed by atoms with Crippen molar-refractivity contribution in [1.82, 2.24) is 0 Å². The van der Waals surface area contributed by atoms with Crippen LogP contribution in [0.2, 0.25) is 0 Å². The number of hydrogen-bond donors (Lipinski definition) is 3. The highest BCUT2D eigenvalue weighted by Gasteiger charge is 2.19. The van der Waals surface area contributed by atoms with Gasteiger partial charge in [0.2, 0.25) is 0 Å². The molecular formula is C14H15O4PS2. The normalized spacial score (nSPS) is 13.7. The van der Waals surface area contributed by atoms with Crippen molar-refractivity contribution in [1.29, 1.82) is 0 Å². The zero-order valence-electron chi connectivity index (χ0n) is 11.5. The predicted molar refractivity (Wildman–Crippen MR) is 88.7 cm³/mol. The number of benzene rings is 2. The molecule has 0 heterocycles. The summed E-state index contributed by atoms with van der Waals surface area (Å²) in [5.41, 5.74) is -1.77. The summed E-state index contributed by atoms with van der Waals surface area (Å²) >= 11 is 6.20. The summed E-state index contributed by atoms with van der Waals surface area (Å²) in [6, 6.07) is 9.64. The van der Waals surface area contributed by atoms with E-state index in [1.165, 1.54) is 6.07 Å². The van der Waals surface area contributed by atoms with Crippen LogP contribution in [-0.4, -0.2) is 15.1 Å². The van der Waals surface area contributed by atoms with E-state index in [9.17, 15) is 15.1 Å². The van der Waals surface area contributed by atoms with Crippen LogP contribution < -0.4 is 4.52 Å². The zero-order valence-corrected chi connectivity index (χ0v) is 14.0. The van der Waals surface area contributed by atoms with Crippen LogP contribution in [0.15, 0.2) is 41.3 Å². The summed E-state index contributed by atoms with van der Waals surface area (Å²) in [6.45, 7) is 3.50. The highest BCUT2D eigenvalue weighted by Crippen LogP contribution is 2.59. The fourth-order valence-electron chi connectivity index (χ4n) is 1.65. The molecule has 0 spiro atoms. The summed E-state index contributed by atoms with van der Waals surface area (Å²) < 4.78 is 5.48. The Labute approximate surface area is 132 Å². The average molecular weight is 342 g/mol. The Bertz CT molecular complexity index is 661. The van der Waals surface area contributed by atoms with E-state index in [-0.39, 0.29) is 11.5 Å². The van der Waals surface area contributed by atoms with Gasteiger partial charge in [0.1, 0.15) is 17.2 Å². The Morgan fingerprint density at radius 2 is 1.57 bits per heavy atom. The molecule has 0 amide bonds. The van der Waals surface area contributed by atoms with Crippen LogP contribution in [0.1, 0.15) is 11.1 Å². The molecule has 21 heavy (non-hydrogen) atoms. The van der Waals surface area contributed by atoms with E-state index in [1.807, 2.05) is 0 Å². The van der Waals surface area contributed by atoms with Crippen LogP contribution in [0.25, 0.3) is 0 Å². The number of hydrogen-bond acceptors (Lipinski definition) is 5. The first-order chi connectivity index (χ1) is 9.77. The first-order valence-corrected chi connectivity index (χ1v) is 10.2. The minimum atomic E-state index is -3.12. The molecule has 0 radical (unpaired) electrons. The van der Waals surface area contributed by atoms with Crippen molar-refractivity contribution in [3.05, 3.63) is 47.5 Å². The van der Waals surface area contributed by atoms with E-state index in [1.54, 1.807) is 44.2 Å². The molecule has 112 valence electrons. The maximum absolute atomic E-state index is 10.3. The molecule has 0 fully saturated rings. The van der Waals surface area contributed by atoms with Crippen molar-refractivity contribution in [3.63, 3.8) is 0 Å². The summed E-state index contributed by atoms with van der Waals surface area (Å²) in [4.78, 5) is 11.0. The minimum absolute atomic E-state index is 0.162. The monoisotopic (exact) mass is 342 g/mol. The van der Waals surface area contributed by atoms with E-state index >= 15 is 0 Å². The van der Waals surface area contributed by atoms with Gasteiger partial charge in [-0.25, -0.2) is 0 Å². The van der Waals surface area contributed by atoms with E-state index in [4.69, 9.17) is 16.3 Å². The maximum atomic E-state index is 10.3. The zero-order chi connectivity index (χ0) is 15.6. The van der Waals surface area contributed by atoms with Gasteiger partial charge in [0.25, 0.3) is 5.69 Å². The largest absolute Gasteiger partial charge is 0.508 e. The van der Waals surface area contributed by atoms with Crippen LogP contribution in [-0.2, 0) is 11.8 Å². The van der Waals surface area contributed by atoms with Crippen LogP contribution in [0.3, 0.4) is 0 Å². The second-order valence-corrected chi connectivity index (χ2v) is 10.5. The van der Waals surface area contributed by atoms with Gasteiger partial charge in [-0.3, -0.25) is 0 Å². The molecule has 2 rings (SSSR count). The first-order valence-electron chi connectivity index (χ1n) is 6.08. The summed E-state index contributed by atoms with van der Waals surface area (Å²) in [6.07, 6.45) is 0. The fraction of sp³-hybridized carbons (Fsp3) is 0.143. The van der Waals surface area contributed by atoms with Gasteiger partial charge in [0.15, 0.2) is 0 Å². The molecule has 1 atom stereocenters. The van der Waals surface area contributed by atoms with Gasteiger partial charge in [-0.05, 0) is 84.6 Å². The van der Waals surface area contributed by atoms with Crippen molar-refractivity contribution in [2.75, 3.05) is 0 Å². The molecular weight excluding hydrogens is 327 g/mol. The smallest absolute Gasteiger partial charge is 0.299 e. The van der Waals surface area contributed by atoms with Gasteiger partial charge in [0.05, 0.1) is 0 Å². The molecule has 1 unspecified atom stereocenters. The number of phenolic OH excluding ortho intramolecular Hbond substituents is 2. The molecule has 2 aromatic carbocycles. The van der Waals surface area contributed by atoms with E-state index in [0.29, 0.717) is 16.9 Å². The van der Waals surface area contributed by atoms with Gasteiger partial charge in [-0.15, -0.1) is 0 Å². The maximum Gasteiger partial charge on any atom is 0.299 e. The topological polar surface area (TPSA) is 69.9 Å². The van der Waals surface area contributed by atoms with Gasteiger partial charge in [-0.1, -0.05) is 0 Å². The van der Waals surface area contributed by atoms with Crippen molar-refractivity contribution >= 4 is 28.9 Å². The Morgan fingerprint density at radius 3 is 2.14 bits per heavy atom. The number of phenols is 2. The van der Waals surface area contributed by atoms with Gasteiger partial charge in [-0.2, -0.15) is 0 Å². The van der Waals surface area contributed by atoms with Crippen molar-refractivity contribution in [3.8, 4) is 17.2 Å². The Kier molecular flexibility index (Phi) is 4.84. The second kappa shape index (κ2) is 6.28. The molecule has 3 N–H and O–H groups in total. The highest BCUT2D eigenvalue weighted by molar-refractivity contribution is 8.67. The number of aryl methyl sites for hydroxylation is 2. The third-order valence-electron chi connectivity index (χ3n) is 2.78. The number of rotatable bonds is 4. The van der Waals surface area contributed by atoms with Crippen LogP contribution in [0, 0.1) is 13.8 Å². The van der Waals surface area contributed by atoms with Crippen molar-refractivity contribution in [2.24, 2.45) is 0 Å². The second-order valence-electron chi connectivity index (χ2n) is 4.55. The lowest BCUT2D eigenvalue weighted by molar-refractivity contribution is 0.467. The van der Waals surface area contributed by atoms with Crippen LogP contribution in [0.4, 0.5) is 0 Å². The Balaban J connectivity index is 2.15. The molecule has 0 saturated heterocycles. The minimum Gasteiger partial charge on any atom is -0.508 e. The highest BCUT2D eigenvalue weighted by atomic mass is 32.9. The molecule has 4 nitrogen and oxygen atoms in total. The Morgan fingerprint density at radius 1 is 1.00 bits per heavy atom. The molecule has 0 saturated carbocycles. The van der Waals surface area contributed by atoms with Crippen LogP contribution >= 0.6 is 17.1 Å². The van der Waals surface area contributed by atoms with Gasteiger partial charge < -0.3 is 19.6 Å². The molecule has 0 aliphatic carbocycles. The summed E-state index contributed by atoms with van der Waals surface area (Å²) in [7, 11) is 0. The Hall–Kier alpha value is -1.20. The van der Waals surface area contributed by atoms with Crippen molar-refractivity contribution in [2.45, 2.75) is 18.7 Å². The third kappa shape index (κ3) is 4.38. The average Bonchev–Trinajstić information content (AvgIpc) is 2.37. The molecule has 2 aromatic rings. The first kappa shape index (κ1) is 16.2. The number of aromatic hydroxyl groups is 2. The predicted octanol–water partition coefficient (Wildman–Crippen LogP) is 4.10. The van der Waals surface area contributed by atoms with E-state index in [2.05, 4.69) is 0 Å². The summed E-state index contributed by atoms with van der Waals surface area (Å²) in [5.74, 6) is 0.773. The lowest BCUT2D eigenvalue weighted by atomic mass is 10.2. The fourth-order valence-corrected chi connectivity index (χ4v) is 5.24. The molecule has 0 aliphatic rings. The van der Waals surface area contributed by atoms with Gasteiger partial charge >= 0.3 is 0 Å². The third-order valence-corrected chi connectivity index (χ3v) is 6.36. The lowest BCUT2D eigenvalue weighted by Gasteiger charge is -2.17. The quantitative estimate of drug-likeness (QED) is 0.727. The molecule has 7 heteroatoms. The summed E-state index contributed by atoms with van der Waals surface area (Å²) in [5, 5.41) is 19.0. The molecule has 0 aliphatic heterocycles. The molecule has 0 bridgehead atoms. The van der Waals surface area contributed by atoms with E-state index in [0.717, 1.165) is 16.3 Å². The van der Waals surface area contributed by atoms with E-state index < -0.39 is 5.69 Å². The van der Waals surface area contributed by atoms with Crippen molar-refractivity contribution < 1.29 is 19.6 Å². The SMILES string of the molecule is Cc1cc(OP(O)(=S)Sc2ccc(O)c(C)c2)ccc1O. The van der Waals surface area contributed by atoms with Crippen LogP contribution in [0.5, 0.6) is 17.2 Å². The van der Waals surface area contributed by atoms with Gasteiger partial charge in [0, 0.05) is 4.90 Å². The lowest BCUT2D eigenvalue weighted by Crippen LogP contribution is -1.89. The molecule has 0 aromatic heterocycles. The standard InChI is InChI=1S/C14H15O4PS2/c1-9-7-11(3-5-13(9)15)18-19(17,20)21-12-4-6-14(16)10(2)8-12/h3-8,15-16H,1-2H3,(H,17,20).